The van der Waals surface area contributed by atoms with Gasteiger partial charge in [-0.3, -0.25) is 9.68 Å². The molecular weight excluding hydrogens is 580 g/mol. The van der Waals surface area contributed by atoms with E-state index in [2.05, 4.69) is 65.5 Å². The molecule has 2 saturated carbocycles. The van der Waals surface area contributed by atoms with Crippen molar-refractivity contribution in [2.75, 3.05) is 0 Å². The molecule has 8 nitrogen and oxygen atoms in total. The Labute approximate surface area is 277 Å². The first-order valence-electron chi connectivity index (χ1n) is 18.0. The maximum atomic E-state index is 13.2. The Bertz CT molecular complexity index is 1240. The van der Waals surface area contributed by atoms with Crippen molar-refractivity contribution >= 4 is 11.9 Å². The van der Waals surface area contributed by atoms with E-state index >= 15 is 0 Å². The van der Waals surface area contributed by atoms with E-state index in [1.807, 2.05) is 0 Å². The molecule has 258 valence electrons. The molecule has 0 spiro atoms. The summed E-state index contributed by atoms with van der Waals surface area (Å²) in [5.41, 5.74) is -0.646. The van der Waals surface area contributed by atoms with Crippen LogP contribution in [-0.2, 0) is 9.68 Å². The van der Waals surface area contributed by atoms with E-state index in [0.717, 1.165) is 38.5 Å². The minimum Gasteiger partial charge on any atom is -0.545 e. The Balaban J connectivity index is 1.50. The molecule has 0 aromatic heterocycles. The Morgan fingerprint density at radius 3 is 1.37 bits per heavy atom. The average molecular weight is 639 g/mol. The number of carbonyl (C=O) groups is 2. The highest BCUT2D eigenvalue weighted by Crippen LogP contribution is 2.51. The molecule has 2 saturated heterocycles. The number of nitrogens with zero attached hydrogens (tertiary/aromatic N) is 2. The monoisotopic (exact) mass is 638 g/mol. The fourth-order valence-corrected chi connectivity index (χ4v) is 9.97. The summed E-state index contributed by atoms with van der Waals surface area (Å²) in [6.07, 6.45) is 14.2. The van der Waals surface area contributed by atoms with Gasteiger partial charge in [0.05, 0.1) is 24.1 Å². The number of aromatic carboxylic acids is 2. The molecule has 0 radical (unpaired) electrons. The number of hydrogen-bond donors (Lipinski definition) is 0. The minimum absolute atomic E-state index is 0.0400. The van der Waals surface area contributed by atoms with Crippen LogP contribution in [-0.4, -0.2) is 56.4 Å². The quantitative estimate of drug-likeness (QED) is 0.322. The molecule has 2 aliphatic heterocycles. The molecule has 2 aliphatic carbocycles. The van der Waals surface area contributed by atoms with E-state index in [1.165, 1.54) is 25.7 Å². The first kappa shape index (κ1) is 35.3. The molecule has 0 unspecified atom stereocenters. The van der Waals surface area contributed by atoms with Gasteiger partial charge in [-0.15, -0.1) is 0 Å². The molecule has 8 heteroatoms. The molecular formula is C38H58N2O6-2. The molecule has 1 aromatic carbocycles. The topological polar surface area (TPSA) is 105 Å². The summed E-state index contributed by atoms with van der Waals surface area (Å²) in [6.45, 7) is 17.2. The van der Waals surface area contributed by atoms with Crippen LogP contribution in [0.5, 0.6) is 0 Å². The van der Waals surface area contributed by atoms with Crippen molar-refractivity contribution in [3.8, 4) is 0 Å². The first-order chi connectivity index (χ1) is 21.4. The standard InChI is InChI=1S/C38H60N2O6/c1-35(2)21-25(22-36(3,4)39(35)45-27-15-11-9-12-16-27)29-19-20-30(33(41)42)31(32(29)34(43)44)26-23-37(5,6)40(38(7,8)24-26)46-28-17-13-10-14-18-28/h19-20,25-28H,9-18,21-24H2,1-8H3,(H,41,42)(H,43,44)/p-2. The molecule has 5 rings (SSSR count). The number of carboxylic acid groups (broad SMARTS) is 2. The maximum Gasteiger partial charge on any atom is 0.0793 e. The summed E-state index contributed by atoms with van der Waals surface area (Å²) >= 11 is 0. The number of hydroxylamine groups is 4. The molecule has 4 aliphatic rings. The van der Waals surface area contributed by atoms with E-state index in [9.17, 15) is 19.8 Å². The Morgan fingerprint density at radius 1 is 0.609 bits per heavy atom. The van der Waals surface area contributed by atoms with E-state index in [1.54, 1.807) is 12.1 Å². The van der Waals surface area contributed by atoms with Crippen LogP contribution in [0.1, 0.15) is 189 Å². The normalized spacial score (nSPS) is 26.6. The van der Waals surface area contributed by atoms with Crippen molar-refractivity contribution in [2.24, 2.45) is 0 Å². The summed E-state index contributed by atoms with van der Waals surface area (Å²) in [4.78, 5) is 39.2. The van der Waals surface area contributed by atoms with Gasteiger partial charge in [-0.2, -0.15) is 10.1 Å². The number of carbonyl (C=O) groups excluding carboxylic acids is 2. The van der Waals surface area contributed by atoms with Gasteiger partial charge in [0.15, 0.2) is 0 Å². The van der Waals surface area contributed by atoms with Crippen molar-refractivity contribution in [1.29, 1.82) is 0 Å². The van der Waals surface area contributed by atoms with Gasteiger partial charge < -0.3 is 19.8 Å². The zero-order chi connectivity index (χ0) is 33.7. The molecule has 4 fully saturated rings. The van der Waals surface area contributed by atoms with Crippen LogP contribution >= 0.6 is 0 Å². The van der Waals surface area contributed by atoms with Crippen LogP contribution in [0.25, 0.3) is 0 Å². The first-order valence-corrected chi connectivity index (χ1v) is 18.0. The fourth-order valence-electron chi connectivity index (χ4n) is 9.97. The zero-order valence-electron chi connectivity index (χ0n) is 29.7. The third kappa shape index (κ3) is 7.20. The predicted octanol–water partition coefficient (Wildman–Crippen LogP) is 6.42. The van der Waals surface area contributed by atoms with Crippen LogP contribution < -0.4 is 10.2 Å². The van der Waals surface area contributed by atoms with Gasteiger partial charge in [-0.1, -0.05) is 50.7 Å². The fraction of sp³-hybridized carbons (Fsp3) is 0.789. The second-order valence-corrected chi connectivity index (χ2v) is 17.3. The van der Waals surface area contributed by atoms with Gasteiger partial charge in [0, 0.05) is 33.3 Å². The van der Waals surface area contributed by atoms with E-state index in [4.69, 9.17) is 9.68 Å². The predicted molar refractivity (Wildman–Crippen MR) is 175 cm³/mol. The molecule has 0 bridgehead atoms. The summed E-state index contributed by atoms with van der Waals surface area (Å²) in [5.74, 6) is -3.11. The average Bonchev–Trinajstić information content (AvgIpc) is 2.96. The molecule has 0 atom stereocenters. The van der Waals surface area contributed by atoms with Crippen LogP contribution in [0.4, 0.5) is 0 Å². The third-order valence-corrected chi connectivity index (χ3v) is 11.3. The van der Waals surface area contributed by atoms with Crippen molar-refractivity contribution in [3.05, 3.63) is 34.4 Å². The largest absolute Gasteiger partial charge is 0.545 e. The SMILES string of the molecule is CC1(C)CC(c2ccc(C(=O)[O-])c(C3CC(C)(C)N(OC4CCCCC4)C(C)(C)C3)c2C(=O)[O-])CC(C)(C)N1OC1CCCCC1. The summed E-state index contributed by atoms with van der Waals surface area (Å²) in [7, 11) is 0. The van der Waals surface area contributed by atoms with E-state index < -0.39 is 23.0 Å². The van der Waals surface area contributed by atoms with Crippen LogP contribution in [0.3, 0.4) is 0 Å². The second kappa shape index (κ2) is 13.1. The maximum absolute atomic E-state index is 13.2. The van der Waals surface area contributed by atoms with Crippen LogP contribution in [0.15, 0.2) is 12.1 Å². The van der Waals surface area contributed by atoms with Gasteiger partial charge in [0.1, 0.15) is 0 Å². The van der Waals surface area contributed by atoms with Crippen LogP contribution in [0.2, 0.25) is 0 Å². The Morgan fingerprint density at radius 2 is 1.00 bits per heavy atom. The van der Waals surface area contributed by atoms with E-state index in [-0.39, 0.29) is 46.2 Å². The molecule has 0 amide bonds. The number of hydrogen-bond acceptors (Lipinski definition) is 8. The summed E-state index contributed by atoms with van der Waals surface area (Å²) in [6, 6.07) is 3.30. The lowest BCUT2D eigenvalue weighted by molar-refractivity contribution is -0.310. The zero-order valence-corrected chi connectivity index (χ0v) is 29.7. The lowest BCUT2D eigenvalue weighted by Gasteiger charge is -2.56. The number of carboxylic acids is 2. The lowest BCUT2D eigenvalue weighted by atomic mass is 9.67. The molecule has 46 heavy (non-hydrogen) atoms. The number of piperidine rings is 2. The van der Waals surface area contributed by atoms with Gasteiger partial charge in [-0.25, -0.2) is 0 Å². The Kier molecular flexibility index (Phi) is 10.1. The van der Waals surface area contributed by atoms with Gasteiger partial charge in [0.2, 0.25) is 0 Å². The number of benzene rings is 1. The minimum atomic E-state index is -1.35. The lowest BCUT2D eigenvalue weighted by Crippen LogP contribution is -2.61. The van der Waals surface area contributed by atoms with Crippen LogP contribution in [0, 0.1) is 0 Å². The highest BCUT2D eigenvalue weighted by molar-refractivity contribution is 5.97. The van der Waals surface area contributed by atoms with E-state index in [0.29, 0.717) is 36.8 Å². The van der Waals surface area contributed by atoms with Crippen molar-refractivity contribution in [2.45, 2.75) is 191 Å². The third-order valence-electron chi connectivity index (χ3n) is 11.3. The van der Waals surface area contributed by atoms with Crippen molar-refractivity contribution in [1.82, 2.24) is 10.1 Å². The Hall–Kier alpha value is -2.00. The molecule has 0 N–H and O–H groups in total. The smallest absolute Gasteiger partial charge is 0.0793 e. The highest BCUT2D eigenvalue weighted by Gasteiger charge is 2.51. The van der Waals surface area contributed by atoms with Gasteiger partial charge in [-0.05, 0) is 130 Å². The van der Waals surface area contributed by atoms with Crippen molar-refractivity contribution < 1.29 is 29.5 Å². The number of rotatable bonds is 8. The van der Waals surface area contributed by atoms with Gasteiger partial charge in [0.25, 0.3) is 0 Å². The molecule has 1 aromatic rings. The van der Waals surface area contributed by atoms with Gasteiger partial charge >= 0.3 is 0 Å². The van der Waals surface area contributed by atoms with Crippen molar-refractivity contribution in [3.63, 3.8) is 0 Å². The summed E-state index contributed by atoms with van der Waals surface area (Å²) < 4.78 is 0. The molecule has 2 heterocycles. The second-order valence-electron chi connectivity index (χ2n) is 17.3. The summed E-state index contributed by atoms with van der Waals surface area (Å²) in [5, 5.41) is 30.1. The highest BCUT2D eigenvalue weighted by atomic mass is 16.7.